The average molecular weight is 268 g/mol. The number of hydrogen-bond donors (Lipinski definition) is 1. The average Bonchev–Trinajstić information content (AvgIpc) is 2.48. The van der Waals surface area contributed by atoms with Crippen molar-refractivity contribution in [3.8, 4) is 5.75 Å². The number of amidine groups is 1. The predicted octanol–water partition coefficient (Wildman–Crippen LogP) is 2.95. The number of rotatable bonds is 5. The zero-order chi connectivity index (χ0) is 14.4. The van der Waals surface area contributed by atoms with Gasteiger partial charge in [-0.2, -0.15) is 0 Å². The van der Waals surface area contributed by atoms with Crippen molar-refractivity contribution in [2.75, 3.05) is 13.7 Å². The van der Waals surface area contributed by atoms with E-state index in [4.69, 9.17) is 10.5 Å². The zero-order valence-electron chi connectivity index (χ0n) is 12.0. The van der Waals surface area contributed by atoms with Crippen molar-refractivity contribution in [2.24, 2.45) is 10.7 Å². The highest BCUT2D eigenvalue weighted by Crippen LogP contribution is 2.13. The van der Waals surface area contributed by atoms with Crippen LogP contribution >= 0.6 is 0 Å². The summed E-state index contributed by atoms with van der Waals surface area (Å²) in [4.78, 5) is 4.43. The lowest BCUT2D eigenvalue weighted by Gasteiger charge is -2.04. The molecule has 2 aromatic rings. The fourth-order valence-corrected chi connectivity index (χ4v) is 1.95. The molecule has 0 atom stereocenters. The van der Waals surface area contributed by atoms with Gasteiger partial charge in [-0.25, -0.2) is 0 Å². The molecule has 3 nitrogen and oxygen atoms in total. The highest BCUT2D eigenvalue weighted by Gasteiger charge is 1.99. The highest BCUT2D eigenvalue weighted by molar-refractivity contribution is 5.97. The maximum atomic E-state index is 5.99. The van der Waals surface area contributed by atoms with Crippen molar-refractivity contribution >= 4 is 5.84 Å². The van der Waals surface area contributed by atoms with E-state index in [-0.39, 0.29) is 0 Å². The minimum Gasteiger partial charge on any atom is -0.497 e. The van der Waals surface area contributed by atoms with Crippen LogP contribution in [0.5, 0.6) is 5.75 Å². The van der Waals surface area contributed by atoms with Gasteiger partial charge in [0.15, 0.2) is 0 Å². The van der Waals surface area contributed by atoms with Gasteiger partial charge in [0.1, 0.15) is 11.6 Å². The Balaban J connectivity index is 1.96. The van der Waals surface area contributed by atoms with E-state index in [1.165, 1.54) is 11.1 Å². The molecule has 0 heterocycles. The minimum atomic E-state index is 0.591. The van der Waals surface area contributed by atoms with Crippen LogP contribution in [-0.4, -0.2) is 19.5 Å². The summed E-state index contributed by atoms with van der Waals surface area (Å²) in [5.41, 5.74) is 9.38. The number of nitrogens with two attached hydrogens (primary N) is 1. The van der Waals surface area contributed by atoms with Crippen molar-refractivity contribution in [3.63, 3.8) is 0 Å². The highest BCUT2D eigenvalue weighted by atomic mass is 16.5. The van der Waals surface area contributed by atoms with E-state index in [1.807, 2.05) is 42.5 Å². The van der Waals surface area contributed by atoms with Crippen molar-refractivity contribution in [1.29, 1.82) is 0 Å². The van der Waals surface area contributed by atoms with E-state index in [2.05, 4.69) is 18.0 Å². The standard InChI is InChI=1S/C17H20N2O/c1-13-6-8-15(9-7-13)17(18)19-11-10-14-4-3-5-16(12-14)20-2/h3-9,12H,10-11H2,1-2H3,(H2,18,19). The Hall–Kier alpha value is -2.29. The second-order valence-electron chi connectivity index (χ2n) is 4.73. The smallest absolute Gasteiger partial charge is 0.125 e. The van der Waals surface area contributed by atoms with Crippen LogP contribution in [0.15, 0.2) is 53.5 Å². The fraction of sp³-hybridized carbons (Fsp3) is 0.235. The number of hydrogen-bond acceptors (Lipinski definition) is 2. The summed E-state index contributed by atoms with van der Waals surface area (Å²) < 4.78 is 5.20. The molecule has 3 heteroatoms. The van der Waals surface area contributed by atoms with Crippen LogP contribution in [0.4, 0.5) is 0 Å². The second kappa shape index (κ2) is 6.75. The fourth-order valence-electron chi connectivity index (χ4n) is 1.95. The van der Waals surface area contributed by atoms with Gasteiger partial charge in [0, 0.05) is 12.1 Å². The van der Waals surface area contributed by atoms with Gasteiger partial charge in [-0.15, -0.1) is 0 Å². The van der Waals surface area contributed by atoms with Crippen molar-refractivity contribution in [3.05, 3.63) is 65.2 Å². The van der Waals surface area contributed by atoms with Gasteiger partial charge in [-0.1, -0.05) is 42.0 Å². The Morgan fingerprint density at radius 2 is 1.90 bits per heavy atom. The number of benzene rings is 2. The van der Waals surface area contributed by atoms with E-state index in [0.29, 0.717) is 12.4 Å². The van der Waals surface area contributed by atoms with Crippen molar-refractivity contribution in [1.82, 2.24) is 0 Å². The third-order valence-electron chi connectivity index (χ3n) is 3.16. The lowest BCUT2D eigenvalue weighted by molar-refractivity contribution is 0.414. The Morgan fingerprint density at radius 3 is 2.60 bits per heavy atom. The summed E-state index contributed by atoms with van der Waals surface area (Å²) in [6, 6.07) is 16.1. The first-order chi connectivity index (χ1) is 9.69. The Bertz CT molecular complexity index is 588. The van der Waals surface area contributed by atoms with Crippen LogP contribution in [0, 0.1) is 6.92 Å². The van der Waals surface area contributed by atoms with Crippen LogP contribution < -0.4 is 10.5 Å². The summed E-state index contributed by atoms with van der Waals surface area (Å²) in [6.45, 7) is 2.73. The maximum absolute atomic E-state index is 5.99. The van der Waals surface area contributed by atoms with Crippen LogP contribution in [0.1, 0.15) is 16.7 Å². The Labute approximate surface area is 120 Å². The van der Waals surface area contributed by atoms with Crippen molar-refractivity contribution in [2.45, 2.75) is 13.3 Å². The molecule has 2 rings (SSSR count). The molecule has 0 aromatic heterocycles. The molecule has 0 radical (unpaired) electrons. The molecule has 0 aliphatic rings. The molecule has 104 valence electrons. The predicted molar refractivity (Wildman–Crippen MR) is 83.5 cm³/mol. The van der Waals surface area contributed by atoms with E-state index < -0.39 is 0 Å². The van der Waals surface area contributed by atoms with E-state index in [0.717, 1.165) is 17.7 Å². The van der Waals surface area contributed by atoms with E-state index >= 15 is 0 Å². The molecule has 0 saturated heterocycles. The monoisotopic (exact) mass is 268 g/mol. The van der Waals surface area contributed by atoms with E-state index in [9.17, 15) is 0 Å². The van der Waals surface area contributed by atoms with Crippen LogP contribution in [0.25, 0.3) is 0 Å². The van der Waals surface area contributed by atoms with Crippen molar-refractivity contribution < 1.29 is 4.74 Å². The number of ether oxygens (including phenoxy) is 1. The minimum absolute atomic E-state index is 0.591. The lowest BCUT2D eigenvalue weighted by Crippen LogP contribution is -2.14. The molecule has 0 amide bonds. The van der Waals surface area contributed by atoms with Gasteiger partial charge >= 0.3 is 0 Å². The first-order valence-electron chi connectivity index (χ1n) is 6.69. The molecule has 0 saturated carbocycles. The molecule has 20 heavy (non-hydrogen) atoms. The number of nitrogens with zero attached hydrogens (tertiary/aromatic N) is 1. The molecule has 0 unspecified atom stereocenters. The van der Waals surface area contributed by atoms with Crippen LogP contribution in [0.2, 0.25) is 0 Å². The Morgan fingerprint density at radius 1 is 1.15 bits per heavy atom. The van der Waals surface area contributed by atoms with Crippen LogP contribution in [-0.2, 0) is 6.42 Å². The number of aryl methyl sites for hydroxylation is 1. The third-order valence-corrected chi connectivity index (χ3v) is 3.16. The van der Waals surface area contributed by atoms with E-state index in [1.54, 1.807) is 7.11 Å². The first kappa shape index (κ1) is 14.1. The summed E-state index contributed by atoms with van der Waals surface area (Å²) in [7, 11) is 1.67. The van der Waals surface area contributed by atoms with Gasteiger partial charge in [-0.3, -0.25) is 4.99 Å². The molecule has 0 aliphatic heterocycles. The molecule has 0 bridgehead atoms. The molecule has 2 N–H and O–H groups in total. The number of aliphatic imine (C=N–C) groups is 1. The zero-order valence-corrected chi connectivity index (χ0v) is 12.0. The molecule has 0 aliphatic carbocycles. The summed E-state index contributed by atoms with van der Waals surface area (Å²) in [5.74, 6) is 1.46. The van der Waals surface area contributed by atoms with Gasteiger partial charge in [0.25, 0.3) is 0 Å². The molecular formula is C17H20N2O. The molecule has 0 spiro atoms. The number of methoxy groups -OCH3 is 1. The van der Waals surface area contributed by atoms with Gasteiger partial charge in [-0.05, 0) is 31.0 Å². The maximum Gasteiger partial charge on any atom is 0.125 e. The normalized spacial score (nSPS) is 11.4. The largest absolute Gasteiger partial charge is 0.497 e. The quantitative estimate of drug-likeness (QED) is 0.669. The molecular weight excluding hydrogens is 248 g/mol. The third kappa shape index (κ3) is 3.85. The summed E-state index contributed by atoms with van der Waals surface area (Å²) in [5, 5.41) is 0. The second-order valence-corrected chi connectivity index (χ2v) is 4.73. The lowest BCUT2D eigenvalue weighted by atomic mass is 10.1. The first-order valence-corrected chi connectivity index (χ1v) is 6.69. The topological polar surface area (TPSA) is 47.6 Å². The summed E-state index contributed by atoms with van der Waals surface area (Å²) >= 11 is 0. The summed E-state index contributed by atoms with van der Waals surface area (Å²) in [6.07, 6.45) is 0.851. The Kier molecular flexibility index (Phi) is 4.77. The van der Waals surface area contributed by atoms with Gasteiger partial charge in [0.2, 0.25) is 0 Å². The van der Waals surface area contributed by atoms with Gasteiger partial charge in [0.05, 0.1) is 7.11 Å². The SMILES string of the molecule is COc1cccc(CCN=C(N)c2ccc(C)cc2)c1. The molecule has 0 fully saturated rings. The van der Waals surface area contributed by atoms with Crippen LogP contribution in [0.3, 0.4) is 0 Å². The van der Waals surface area contributed by atoms with Gasteiger partial charge < -0.3 is 10.5 Å². The molecule has 2 aromatic carbocycles.